The molecule has 2 aliphatic rings. The van der Waals surface area contributed by atoms with Crippen LogP contribution in [0.15, 0.2) is 48.7 Å². The Morgan fingerprint density at radius 3 is 2.41 bits per heavy atom. The topological polar surface area (TPSA) is 121 Å². The number of anilines is 2. The first kappa shape index (κ1) is 26.2. The summed E-state index contributed by atoms with van der Waals surface area (Å²) in [7, 11) is 1.90. The number of aliphatic hydroxyl groups is 1. The van der Waals surface area contributed by atoms with E-state index in [-0.39, 0.29) is 17.8 Å². The number of aldehydes is 1. The van der Waals surface area contributed by atoms with Gasteiger partial charge in [-0.3, -0.25) is 4.79 Å². The van der Waals surface area contributed by atoms with Crippen molar-refractivity contribution in [1.29, 1.82) is 0 Å². The van der Waals surface area contributed by atoms with Crippen molar-refractivity contribution in [3.05, 3.63) is 77.0 Å². The van der Waals surface area contributed by atoms with Gasteiger partial charge >= 0.3 is 0 Å². The van der Waals surface area contributed by atoms with Gasteiger partial charge in [0.2, 0.25) is 0 Å². The summed E-state index contributed by atoms with van der Waals surface area (Å²) in [6, 6.07) is 10.5. The molecule has 1 unspecified atom stereocenters. The molecule has 3 aromatic rings. The normalized spacial score (nSPS) is 16.1. The molecule has 2 aromatic carbocycles. The van der Waals surface area contributed by atoms with E-state index in [1.807, 2.05) is 30.1 Å². The zero-order valence-electron chi connectivity index (χ0n) is 20.6. The van der Waals surface area contributed by atoms with E-state index in [0.29, 0.717) is 22.9 Å². The molecule has 0 radical (unpaired) electrons. The van der Waals surface area contributed by atoms with Crippen molar-refractivity contribution in [2.75, 3.05) is 44.3 Å². The molecule has 2 fully saturated rings. The lowest BCUT2D eigenvalue weighted by Crippen LogP contribution is -2.71. The van der Waals surface area contributed by atoms with Gasteiger partial charge in [-0.25, -0.2) is 13.8 Å². The number of rotatable bonds is 5. The Kier molecular flexibility index (Phi) is 7.51. The van der Waals surface area contributed by atoms with Crippen LogP contribution in [-0.4, -0.2) is 60.4 Å². The van der Waals surface area contributed by atoms with Crippen LogP contribution in [0.3, 0.4) is 0 Å². The van der Waals surface area contributed by atoms with Crippen LogP contribution in [0.25, 0.3) is 11.1 Å². The van der Waals surface area contributed by atoms with E-state index in [1.54, 1.807) is 6.20 Å². The van der Waals surface area contributed by atoms with Crippen molar-refractivity contribution in [2.45, 2.75) is 13.0 Å². The molecule has 1 amide bonds. The van der Waals surface area contributed by atoms with Gasteiger partial charge in [-0.2, -0.15) is 0 Å². The molecule has 10 heteroatoms. The summed E-state index contributed by atoms with van der Waals surface area (Å²) in [5, 5.41) is 15.3. The van der Waals surface area contributed by atoms with Gasteiger partial charge in [0.05, 0.1) is 5.56 Å². The van der Waals surface area contributed by atoms with Crippen LogP contribution in [0.4, 0.5) is 20.3 Å². The van der Waals surface area contributed by atoms with E-state index >= 15 is 0 Å². The van der Waals surface area contributed by atoms with E-state index in [0.717, 1.165) is 60.7 Å². The largest absolute Gasteiger partial charge is 0.388 e. The lowest BCUT2D eigenvalue weighted by Gasteiger charge is -2.56. The molecule has 37 heavy (non-hydrogen) atoms. The van der Waals surface area contributed by atoms with Crippen LogP contribution in [0.5, 0.6) is 0 Å². The maximum absolute atomic E-state index is 12.8. The Bertz CT molecular complexity index is 1300. The molecule has 5 rings (SSSR count). The summed E-state index contributed by atoms with van der Waals surface area (Å²) in [6.07, 6.45) is 0.477. The molecule has 1 atom stereocenters. The van der Waals surface area contributed by atoms with Gasteiger partial charge in [0.25, 0.3) is 5.91 Å². The number of nitrogens with two attached hydrogens (primary N) is 1. The van der Waals surface area contributed by atoms with Crippen molar-refractivity contribution in [3.63, 3.8) is 0 Å². The van der Waals surface area contributed by atoms with Crippen molar-refractivity contribution in [3.8, 4) is 11.1 Å². The Balaban J connectivity index is 0.000000225. The molecule has 0 bridgehead atoms. The SMILES string of the molecule is CNc1ccc(-c2cnc(N)c(C(=O)N3CC4(CNC4)C3)c2)c(C)c1.O=CC(O)c1cc(F)cc(F)c1. The zero-order chi connectivity index (χ0) is 26.7. The number of nitrogen functional groups attached to an aromatic ring is 1. The molecule has 0 saturated carbocycles. The minimum absolute atomic E-state index is 0.0196. The van der Waals surface area contributed by atoms with Gasteiger partial charge in [-0.1, -0.05) is 6.07 Å². The van der Waals surface area contributed by atoms with Gasteiger partial charge in [0.15, 0.2) is 6.29 Å². The van der Waals surface area contributed by atoms with Crippen molar-refractivity contribution >= 4 is 23.7 Å². The number of carbonyl (C=O) groups excluding carboxylic acids is 2. The van der Waals surface area contributed by atoms with Crippen LogP contribution >= 0.6 is 0 Å². The zero-order valence-corrected chi connectivity index (χ0v) is 20.6. The van der Waals surface area contributed by atoms with Crippen LogP contribution in [0.2, 0.25) is 0 Å². The second kappa shape index (κ2) is 10.6. The molecule has 2 saturated heterocycles. The number of aliphatic hydroxyl groups excluding tert-OH is 1. The second-order valence-electron chi connectivity index (χ2n) is 9.48. The minimum Gasteiger partial charge on any atom is -0.388 e. The second-order valence-corrected chi connectivity index (χ2v) is 9.48. The number of hydrogen-bond acceptors (Lipinski definition) is 7. The highest BCUT2D eigenvalue weighted by molar-refractivity contribution is 6.00. The lowest BCUT2D eigenvalue weighted by molar-refractivity contribution is -0.115. The van der Waals surface area contributed by atoms with Gasteiger partial charge in [-0.05, 0) is 53.9 Å². The maximum Gasteiger partial charge on any atom is 0.257 e. The number of aromatic nitrogens is 1. The Hall–Kier alpha value is -3.89. The highest BCUT2D eigenvalue weighted by Gasteiger charge is 2.49. The third-order valence-corrected chi connectivity index (χ3v) is 6.67. The minimum atomic E-state index is -1.46. The first-order valence-electron chi connectivity index (χ1n) is 11.8. The van der Waals surface area contributed by atoms with Crippen molar-refractivity contribution in [1.82, 2.24) is 15.2 Å². The van der Waals surface area contributed by atoms with E-state index in [4.69, 9.17) is 10.8 Å². The summed E-state index contributed by atoms with van der Waals surface area (Å²) in [5.41, 5.74) is 10.9. The van der Waals surface area contributed by atoms with Crippen LogP contribution in [0, 0.1) is 24.0 Å². The highest BCUT2D eigenvalue weighted by Crippen LogP contribution is 2.36. The van der Waals surface area contributed by atoms with Crippen molar-refractivity contribution in [2.24, 2.45) is 5.41 Å². The Morgan fingerprint density at radius 2 is 1.86 bits per heavy atom. The number of likely N-dealkylation sites (tertiary alicyclic amines) is 1. The number of amides is 1. The summed E-state index contributed by atoms with van der Waals surface area (Å²) in [5.74, 6) is -1.35. The Morgan fingerprint density at radius 1 is 1.19 bits per heavy atom. The van der Waals surface area contributed by atoms with E-state index in [1.165, 1.54) is 0 Å². The van der Waals surface area contributed by atoms with Crippen LogP contribution < -0.4 is 16.4 Å². The predicted molar refractivity (Wildman–Crippen MR) is 137 cm³/mol. The number of pyridine rings is 1. The summed E-state index contributed by atoms with van der Waals surface area (Å²) in [6.45, 7) is 5.66. The van der Waals surface area contributed by atoms with E-state index < -0.39 is 17.7 Å². The van der Waals surface area contributed by atoms with Crippen LogP contribution in [0.1, 0.15) is 27.6 Å². The van der Waals surface area contributed by atoms with Crippen molar-refractivity contribution < 1.29 is 23.5 Å². The van der Waals surface area contributed by atoms with Gasteiger partial charge in [0.1, 0.15) is 23.6 Å². The molecule has 1 spiro atoms. The van der Waals surface area contributed by atoms with E-state index in [9.17, 15) is 18.4 Å². The smallest absolute Gasteiger partial charge is 0.257 e. The van der Waals surface area contributed by atoms with Gasteiger partial charge in [-0.15, -0.1) is 0 Å². The lowest BCUT2D eigenvalue weighted by atomic mass is 9.74. The van der Waals surface area contributed by atoms with Gasteiger partial charge in [0, 0.05) is 62.2 Å². The third-order valence-electron chi connectivity index (χ3n) is 6.67. The number of halogens is 2. The summed E-state index contributed by atoms with van der Waals surface area (Å²) in [4.78, 5) is 29.0. The van der Waals surface area contributed by atoms with E-state index in [2.05, 4.69) is 28.6 Å². The highest BCUT2D eigenvalue weighted by atomic mass is 19.1. The average Bonchev–Trinajstić information content (AvgIpc) is 2.82. The third kappa shape index (κ3) is 5.60. The molecular formula is C27H29F2N5O3. The standard InChI is InChI=1S/C19H23N5O.C8H6F2O2/c1-12-5-14(21-2)3-4-15(12)13-6-16(17(20)23-7-13)18(25)24-10-19(11-24)8-22-9-19;9-6-1-5(8(12)4-11)2-7(10)3-6/h3-7,21-22H,8-11H2,1-2H3,(H2,20,23);1-4,8,12H. The molecule has 1 aromatic heterocycles. The first-order valence-corrected chi connectivity index (χ1v) is 11.8. The Labute approximate surface area is 213 Å². The molecular weight excluding hydrogens is 480 g/mol. The quantitative estimate of drug-likeness (QED) is 0.391. The molecule has 2 aliphatic heterocycles. The number of hydrogen-bond donors (Lipinski definition) is 4. The fraction of sp³-hybridized carbons (Fsp3) is 0.296. The number of benzene rings is 2. The number of aryl methyl sites for hydroxylation is 1. The molecule has 5 N–H and O–H groups in total. The van der Waals surface area contributed by atoms with Gasteiger partial charge < -0.3 is 31.2 Å². The molecule has 3 heterocycles. The number of nitrogens with one attached hydrogen (secondary N) is 2. The fourth-order valence-electron chi connectivity index (χ4n) is 4.54. The maximum atomic E-state index is 12.8. The number of carbonyl (C=O) groups is 2. The average molecular weight is 510 g/mol. The molecule has 194 valence electrons. The first-order chi connectivity index (χ1) is 17.6. The predicted octanol–water partition coefficient (Wildman–Crippen LogP) is 2.92. The fourth-order valence-corrected chi connectivity index (χ4v) is 4.54. The molecule has 0 aliphatic carbocycles. The monoisotopic (exact) mass is 509 g/mol. The van der Waals surface area contributed by atoms with Crippen LogP contribution in [-0.2, 0) is 4.79 Å². The summed E-state index contributed by atoms with van der Waals surface area (Å²) < 4.78 is 24.9. The molecule has 8 nitrogen and oxygen atoms in total. The summed E-state index contributed by atoms with van der Waals surface area (Å²) >= 11 is 0. The number of nitrogens with zero attached hydrogens (tertiary/aromatic N) is 2.